The zero-order valence-electron chi connectivity index (χ0n) is 26.3. The van der Waals surface area contributed by atoms with Crippen LogP contribution in [0.2, 0.25) is 0 Å². The Hall–Kier alpha value is -3.82. The first-order valence-electron chi connectivity index (χ1n) is 15.3. The monoisotopic (exact) mass is 556 g/mol. The molecule has 0 N–H and O–H groups in total. The number of aromatic nitrogens is 1. The van der Waals surface area contributed by atoms with Crippen molar-refractivity contribution in [2.45, 2.75) is 52.4 Å². The van der Waals surface area contributed by atoms with Gasteiger partial charge >= 0.3 is 0 Å². The number of fused-ring (bicyclic) bond motifs is 1. The van der Waals surface area contributed by atoms with Gasteiger partial charge in [-0.15, -0.1) is 0 Å². The molecule has 6 rings (SSSR count). The number of para-hydroxylation sites is 1. The minimum atomic E-state index is 0.0149. The van der Waals surface area contributed by atoms with E-state index in [0.717, 1.165) is 26.3 Å². The van der Waals surface area contributed by atoms with Crippen LogP contribution in [0.5, 0.6) is 0 Å². The molecule has 1 aromatic heterocycles. The summed E-state index contributed by atoms with van der Waals surface area (Å²) in [6, 6.07) is 32.1. The van der Waals surface area contributed by atoms with Crippen LogP contribution in [0.1, 0.15) is 52.7 Å². The molecule has 3 nitrogen and oxygen atoms in total. The van der Waals surface area contributed by atoms with Gasteiger partial charge in [0.2, 0.25) is 0 Å². The van der Waals surface area contributed by atoms with Crippen molar-refractivity contribution in [2.75, 3.05) is 31.2 Å². The van der Waals surface area contributed by atoms with Crippen LogP contribution in [0.4, 0.5) is 5.69 Å². The van der Waals surface area contributed by atoms with Crippen LogP contribution in [-0.2, 0) is 22.6 Å². The average Bonchev–Trinajstić information content (AvgIpc) is 3.33. The largest absolute Gasteiger partial charge is 0.378 e. The van der Waals surface area contributed by atoms with Crippen molar-refractivity contribution in [1.82, 2.24) is 4.57 Å². The summed E-state index contributed by atoms with van der Waals surface area (Å²) in [4.78, 5) is 2.48. The van der Waals surface area contributed by atoms with Gasteiger partial charge < -0.3 is 14.2 Å². The van der Waals surface area contributed by atoms with Crippen LogP contribution in [-0.4, -0.2) is 30.9 Å². The SMILES string of the molecule is Cn1cc(-c2cc(-c3cc(-c4cccc(C(C)(C)C)c4)cc(N4CCOCC4)c3)cc(C(C)(C)C)c2)c2ccccc21. The maximum absolute atomic E-state index is 5.72. The van der Waals surface area contributed by atoms with E-state index in [1.807, 2.05) is 0 Å². The molecule has 0 amide bonds. The Labute approximate surface area is 251 Å². The molecular formula is C39H44N2O. The lowest BCUT2D eigenvalue weighted by molar-refractivity contribution is 0.122. The molecule has 42 heavy (non-hydrogen) atoms. The molecular weight excluding hydrogens is 512 g/mol. The van der Waals surface area contributed by atoms with E-state index in [1.54, 1.807) is 0 Å². The standard InChI is InChI=1S/C39H44N2O/c1-38(2,3)32-12-10-11-27(21-32)29-19-30(25-34(24-29)41-15-17-42-18-16-41)28-20-31(23-33(22-28)39(4,5)6)36-26-40(7)37-14-9-8-13-35(36)37/h8-14,19-26H,15-18H2,1-7H3. The van der Waals surface area contributed by atoms with Gasteiger partial charge in [0.05, 0.1) is 13.2 Å². The summed E-state index contributed by atoms with van der Waals surface area (Å²) in [5.41, 5.74) is 12.9. The second kappa shape index (κ2) is 10.8. The highest BCUT2D eigenvalue weighted by molar-refractivity contribution is 5.97. The lowest BCUT2D eigenvalue weighted by atomic mass is 9.82. The molecule has 3 heteroatoms. The van der Waals surface area contributed by atoms with E-state index in [9.17, 15) is 0 Å². The fourth-order valence-electron chi connectivity index (χ4n) is 6.07. The quantitative estimate of drug-likeness (QED) is 0.219. The first-order valence-corrected chi connectivity index (χ1v) is 15.3. The molecule has 5 aromatic rings. The summed E-state index contributed by atoms with van der Waals surface area (Å²) in [6.07, 6.45) is 2.28. The van der Waals surface area contributed by atoms with Gasteiger partial charge in [-0.05, 0) is 80.1 Å². The van der Waals surface area contributed by atoms with Gasteiger partial charge in [0, 0.05) is 48.5 Å². The van der Waals surface area contributed by atoms with Crippen molar-refractivity contribution in [3.63, 3.8) is 0 Å². The number of benzene rings is 4. The van der Waals surface area contributed by atoms with Crippen LogP contribution in [0.25, 0.3) is 44.3 Å². The number of nitrogens with zero attached hydrogens (tertiary/aromatic N) is 2. The molecule has 4 aromatic carbocycles. The zero-order chi connectivity index (χ0) is 29.6. The van der Waals surface area contributed by atoms with Gasteiger partial charge in [-0.3, -0.25) is 0 Å². The minimum Gasteiger partial charge on any atom is -0.378 e. The molecule has 0 spiro atoms. The molecule has 1 saturated heterocycles. The van der Waals surface area contributed by atoms with Crippen LogP contribution in [0.3, 0.4) is 0 Å². The smallest absolute Gasteiger partial charge is 0.0642 e. The van der Waals surface area contributed by atoms with E-state index >= 15 is 0 Å². The Bertz CT molecular complexity index is 1740. The highest BCUT2D eigenvalue weighted by atomic mass is 16.5. The van der Waals surface area contributed by atoms with Gasteiger partial charge in [0.25, 0.3) is 0 Å². The van der Waals surface area contributed by atoms with Crippen molar-refractivity contribution < 1.29 is 4.74 Å². The molecule has 0 radical (unpaired) electrons. The number of morpholine rings is 1. The summed E-state index contributed by atoms with van der Waals surface area (Å²) >= 11 is 0. The molecule has 0 atom stereocenters. The zero-order valence-corrected chi connectivity index (χ0v) is 26.3. The van der Waals surface area contributed by atoms with E-state index < -0.39 is 0 Å². The van der Waals surface area contributed by atoms with Crippen molar-refractivity contribution in [1.29, 1.82) is 0 Å². The molecule has 0 bridgehead atoms. The number of hydrogen-bond donors (Lipinski definition) is 0. The Morgan fingerprint density at radius 3 is 1.90 bits per heavy atom. The van der Waals surface area contributed by atoms with Crippen LogP contribution in [0.15, 0.2) is 91.1 Å². The predicted octanol–water partition coefficient (Wildman–Crippen LogP) is 9.61. The lowest BCUT2D eigenvalue weighted by Crippen LogP contribution is -2.36. The van der Waals surface area contributed by atoms with Crippen molar-refractivity contribution in [3.8, 4) is 33.4 Å². The highest BCUT2D eigenvalue weighted by Gasteiger charge is 2.21. The van der Waals surface area contributed by atoms with Crippen LogP contribution < -0.4 is 4.90 Å². The number of hydrogen-bond acceptors (Lipinski definition) is 2. The van der Waals surface area contributed by atoms with Crippen molar-refractivity contribution in [3.05, 3.63) is 102 Å². The topological polar surface area (TPSA) is 17.4 Å². The fraction of sp³-hybridized carbons (Fsp3) is 0.333. The van der Waals surface area contributed by atoms with Gasteiger partial charge in [0.1, 0.15) is 0 Å². The Kier molecular flexibility index (Phi) is 7.27. The Morgan fingerprint density at radius 1 is 0.595 bits per heavy atom. The third kappa shape index (κ3) is 5.63. The molecule has 0 saturated carbocycles. The first-order chi connectivity index (χ1) is 20.0. The average molecular weight is 557 g/mol. The third-order valence-electron chi connectivity index (χ3n) is 8.70. The third-order valence-corrected chi connectivity index (χ3v) is 8.70. The van der Waals surface area contributed by atoms with Gasteiger partial charge in [0.15, 0.2) is 0 Å². The summed E-state index contributed by atoms with van der Waals surface area (Å²) < 4.78 is 7.96. The molecule has 216 valence electrons. The summed E-state index contributed by atoms with van der Waals surface area (Å²) in [5.74, 6) is 0. The molecule has 1 aliphatic heterocycles. The maximum Gasteiger partial charge on any atom is 0.0642 e. The van der Waals surface area contributed by atoms with Gasteiger partial charge in [-0.2, -0.15) is 0 Å². The van der Waals surface area contributed by atoms with Gasteiger partial charge in [-0.1, -0.05) is 96.1 Å². The number of anilines is 1. The second-order valence-electron chi connectivity index (χ2n) is 13.9. The first kappa shape index (κ1) is 28.3. The normalized spacial score (nSPS) is 14.5. The number of aryl methyl sites for hydroxylation is 1. The maximum atomic E-state index is 5.72. The molecule has 1 fully saturated rings. The lowest BCUT2D eigenvalue weighted by Gasteiger charge is -2.30. The van der Waals surface area contributed by atoms with E-state index in [1.165, 1.54) is 61.1 Å². The van der Waals surface area contributed by atoms with E-state index in [2.05, 4.69) is 149 Å². The molecule has 1 aliphatic rings. The van der Waals surface area contributed by atoms with Crippen LogP contribution in [0, 0.1) is 0 Å². The highest BCUT2D eigenvalue weighted by Crippen LogP contribution is 2.39. The van der Waals surface area contributed by atoms with Crippen molar-refractivity contribution in [2.24, 2.45) is 7.05 Å². The summed E-state index contributed by atoms with van der Waals surface area (Å²) in [7, 11) is 2.14. The second-order valence-corrected chi connectivity index (χ2v) is 13.9. The number of rotatable bonds is 4. The van der Waals surface area contributed by atoms with Gasteiger partial charge in [-0.25, -0.2) is 0 Å². The Balaban J connectivity index is 1.56. The summed E-state index contributed by atoms with van der Waals surface area (Å²) in [5, 5.41) is 1.29. The molecule has 0 unspecified atom stereocenters. The molecule has 2 heterocycles. The van der Waals surface area contributed by atoms with E-state index in [0.29, 0.717) is 0 Å². The number of ether oxygens (including phenoxy) is 1. The Morgan fingerprint density at radius 2 is 1.19 bits per heavy atom. The van der Waals surface area contributed by atoms with E-state index in [4.69, 9.17) is 4.74 Å². The summed E-state index contributed by atoms with van der Waals surface area (Å²) in [6.45, 7) is 17.2. The molecule has 0 aliphatic carbocycles. The fourth-order valence-corrected chi connectivity index (χ4v) is 6.07. The minimum absolute atomic E-state index is 0.0149. The predicted molar refractivity (Wildman–Crippen MR) is 180 cm³/mol. The van der Waals surface area contributed by atoms with Crippen LogP contribution >= 0.6 is 0 Å². The van der Waals surface area contributed by atoms with Crippen molar-refractivity contribution >= 4 is 16.6 Å². The van der Waals surface area contributed by atoms with E-state index in [-0.39, 0.29) is 10.8 Å².